The molecule has 2 heterocycles. The lowest BCUT2D eigenvalue weighted by atomic mass is 9.84. The van der Waals surface area contributed by atoms with Crippen LogP contribution >= 0.6 is 11.3 Å². The largest absolute Gasteiger partial charge is 0.350 e. The summed E-state index contributed by atoms with van der Waals surface area (Å²) in [6.45, 7) is 3.91. The van der Waals surface area contributed by atoms with Gasteiger partial charge in [0.15, 0.2) is 0 Å². The molecule has 5 nitrogen and oxygen atoms in total. The minimum Gasteiger partial charge on any atom is -0.350 e. The van der Waals surface area contributed by atoms with Gasteiger partial charge in [-0.2, -0.15) is 0 Å². The van der Waals surface area contributed by atoms with Crippen LogP contribution in [-0.2, 0) is 16.0 Å². The first-order valence-electron chi connectivity index (χ1n) is 10.4. The number of benzene rings is 2. The highest BCUT2D eigenvalue weighted by Gasteiger charge is 2.38. The Kier molecular flexibility index (Phi) is 5.86. The molecule has 2 unspecified atom stereocenters. The summed E-state index contributed by atoms with van der Waals surface area (Å²) in [5.74, 6) is 0.0645. The first kappa shape index (κ1) is 20.5. The van der Waals surface area contributed by atoms with Gasteiger partial charge in [-0.15, -0.1) is 11.3 Å². The second kappa shape index (κ2) is 8.56. The Labute approximate surface area is 180 Å². The van der Waals surface area contributed by atoms with E-state index in [-0.39, 0.29) is 23.4 Å². The van der Waals surface area contributed by atoms with Gasteiger partial charge in [0, 0.05) is 23.8 Å². The molecule has 4 rings (SSSR count). The van der Waals surface area contributed by atoms with Crippen LogP contribution in [0.4, 0.5) is 0 Å². The maximum absolute atomic E-state index is 12.6. The van der Waals surface area contributed by atoms with Crippen molar-refractivity contribution in [3.8, 4) is 0 Å². The molecule has 2 amide bonds. The van der Waals surface area contributed by atoms with Gasteiger partial charge in [0.05, 0.1) is 16.7 Å². The van der Waals surface area contributed by atoms with E-state index < -0.39 is 0 Å². The lowest BCUT2D eigenvalue weighted by Gasteiger charge is -2.29. The van der Waals surface area contributed by atoms with E-state index in [1.165, 1.54) is 16.3 Å². The zero-order chi connectivity index (χ0) is 21.1. The maximum atomic E-state index is 12.6. The van der Waals surface area contributed by atoms with Gasteiger partial charge in [0.2, 0.25) is 11.8 Å². The lowest BCUT2D eigenvalue weighted by Crippen LogP contribution is -2.44. The van der Waals surface area contributed by atoms with E-state index in [2.05, 4.69) is 45.9 Å². The molecule has 30 heavy (non-hydrogen) atoms. The van der Waals surface area contributed by atoms with Crippen LogP contribution in [0.2, 0.25) is 0 Å². The fraction of sp³-hybridized carbons (Fsp3) is 0.375. The van der Waals surface area contributed by atoms with E-state index in [0.717, 1.165) is 23.5 Å². The molecule has 1 fully saturated rings. The van der Waals surface area contributed by atoms with Gasteiger partial charge < -0.3 is 10.6 Å². The van der Waals surface area contributed by atoms with Crippen molar-refractivity contribution in [2.45, 2.75) is 57.5 Å². The molecule has 6 heteroatoms. The van der Waals surface area contributed by atoms with Gasteiger partial charge in [-0.3, -0.25) is 9.59 Å². The van der Waals surface area contributed by atoms with Crippen molar-refractivity contribution in [2.24, 2.45) is 0 Å². The first-order chi connectivity index (χ1) is 14.4. The molecule has 1 aromatic heterocycles. The predicted molar refractivity (Wildman–Crippen MR) is 120 cm³/mol. The van der Waals surface area contributed by atoms with E-state index in [9.17, 15) is 9.59 Å². The number of carbonyl (C=O) groups is 2. The van der Waals surface area contributed by atoms with Crippen molar-refractivity contribution in [1.29, 1.82) is 0 Å². The summed E-state index contributed by atoms with van der Waals surface area (Å²) in [5.41, 5.74) is 1.71. The molecule has 0 radical (unpaired) electrons. The van der Waals surface area contributed by atoms with Crippen molar-refractivity contribution >= 4 is 33.9 Å². The molecule has 2 aromatic carbocycles. The number of thiazole rings is 1. The first-order valence-corrected chi connectivity index (χ1v) is 11.3. The molecule has 156 valence electrons. The van der Waals surface area contributed by atoms with Crippen LogP contribution in [-0.4, -0.2) is 22.3 Å². The predicted octanol–water partition coefficient (Wildman–Crippen LogP) is 4.45. The molecule has 0 bridgehead atoms. The lowest BCUT2D eigenvalue weighted by molar-refractivity contribution is -0.123. The smallest absolute Gasteiger partial charge is 0.220 e. The van der Waals surface area contributed by atoms with Gasteiger partial charge >= 0.3 is 0 Å². The van der Waals surface area contributed by atoms with Crippen molar-refractivity contribution in [3.63, 3.8) is 0 Å². The number of aromatic nitrogens is 1. The fourth-order valence-electron chi connectivity index (χ4n) is 4.24. The quantitative estimate of drug-likeness (QED) is 0.592. The second-order valence-corrected chi connectivity index (χ2v) is 9.33. The number of aryl methyl sites for hydroxylation is 1. The van der Waals surface area contributed by atoms with Gasteiger partial charge in [-0.25, -0.2) is 4.98 Å². The van der Waals surface area contributed by atoms with Crippen LogP contribution in [0.3, 0.4) is 0 Å². The number of nitrogens with zero attached hydrogens (tertiary/aromatic N) is 1. The summed E-state index contributed by atoms with van der Waals surface area (Å²) < 4.78 is 0. The Hall–Kier alpha value is -2.73. The van der Waals surface area contributed by atoms with Crippen LogP contribution in [0.15, 0.2) is 47.8 Å². The third-order valence-electron chi connectivity index (χ3n) is 5.88. The molecule has 2 N–H and O–H groups in total. The third-order valence-corrected chi connectivity index (χ3v) is 6.67. The molecule has 2 atom stereocenters. The van der Waals surface area contributed by atoms with Gasteiger partial charge in [-0.05, 0) is 49.4 Å². The molecule has 0 spiro atoms. The normalized spacial score (nSPS) is 19.6. The summed E-state index contributed by atoms with van der Waals surface area (Å²) in [6.07, 6.45) is 3.01. The van der Waals surface area contributed by atoms with Gasteiger partial charge in [0.25, 0.3) is 0 Å². The van der Waals surface area contributed by atoms with E-state index in [1.54, 1.807) is 11.3 Å². The topological polar surface area (TPSA) is 71.1 Å². The monoisotopic (exact) mass is 421 g/mol. The Morgan fingerprint density at radius 2 is 2.07 bits per heavy atom. The van der Waals surface area contributed by atoms with Gasteiger partial charge in [0.1, 0.15) is 0 Å². The number of rotatable bonds is 7. The average Bonchev–Trinajstić information content (AvgIpc) is 3.32. The highest BCUT2D eigenvalue weighted by Crippen LogP contribution is 2.31. The highest BCUT2D eigenvalue weighted by molar-refractivity contribution is 7.09. The number of amides is 2. The van der Waals surface area contributed by atoms with Crippen LogP contribution in [0, 0.1) is 6.92 Å². The Balaban J connectivity index is 1.42. The van der Waals surface area contributed by atoms with Gasteiger partial charge in [-0.1, -0.05) is 42.5 Å². The maximum Gasteiger partial charge on any atom is 0.220 e. The van der Waals surface area contributed by atoms with E-state index >= 15 is 0 Å². The number of hydrogen-bond donors (Lipinski definition) is 2. The molecule has 0 aliphatic carbocycles. The SMILES string of the molecule is Cc1nc(C(C)NC(=O)CCC2(Cc3ccc4ccccc4c3)CCC(=O)N2)cs1. The van der Waals surface area contributed by atoms with Crippen LogP contribution in [0.25, 0.3) is 10.8 Å². The van der Waals surface area contributed by atoms with E-state index in [0.29, 0.717) is 19.3 Å². The molecular formula is C24H27N3O2S. The number of fused-ring (bicyclic) bond motifs is 1. The average molecular weight is 422 g/mol. The second-order valence-electron chi connectivity index (χ2n) is 8.27. The third kappa shape index (κ3) is 4.70. The Morgan fingerprint density at radius 1 is 1.27 bits per heavy atom. The summed E-state index contributed by atoms with van der Waals surface area (Å²) >= 11 is 1.59. The fourth-order valence-corrected chi connectivity index (χ4v) is 4.95. The standard InChI is InChI=1S/C24H27N3O2S/c1-16(21-15-30-17(2)26-21)25-22(28)9-11-24(12-10-23(29)27-24)14-18-7-8-19-5-3-4-6-20(19)13-18/h3-8,13,15-16H,9-12,14H2,1-2H3,(H,25,28)(H,27,29). The molecule has 3 aromatic rings. The molecule has 1 aliphatic heterocycles. The van der Waals surface area contributed by atoms with E-state index in [4.69, 9.17) is 0 Å². The summed E-state index contributed by atoms with van der Waals surface area (Å²) in [6, 6.07) is 14.6. The van der Waals surface area contributed by atoms with Crippen LogP contribution < -0.4 is 10.6 Å². The molecular weight excluding hydrogens is 394 g/mol. The van der Waals surface area contributed by atoms with Crippen LogP contribution in [0.5, 0.6) is 0 Å². The van der Waals surface area contributed by atoms with E-state index in [1.807, 2.05) is 31.4 Å². The summed E-state index contributed by atoms with van der Waals surface area (Å²) in [5, 5.41) is 11.6. The molecule has 0 saturated carbocycles. The zero-order valence-electron chi connectivity index (χ0n) is 17.4. The Morgan fingerprint density at radius 3 is 2.77 bits per heavy atom. The van der Waals surface area contributed by atoms with Crippen molar-refractivity contribution in [3.05, 3.63) is 64.1 Å². The number of carbonyl (C=O) groups excluding carboxylic acids is 2. The number of nitrogens with one attached hydrogen (secondary N) is 2. The minimum absolute atomic E-state index is 0.00723. The summed E-state index contributed by atoms with van der Waals surface area (Å²) in [4.78, 5) is 29.1. The zero-order valence-corrected chi connectivity index (χ0v) is 18.2. The molecule has 1 saturated heterocycles. The summed E-state index contributed by atoms with van der Waals surface area (Å²) in [7, 11) is 0. The number of hydrogen-bond acceptors (Lipinski definition) is 4. The Bertz CT molecular complexity index is 1080. The highest BCUT2D eigenvalue weighted by atomic mass is 32.1. The molecule has 1 aliphatic rings. The van der Waals surface area contributed by atoms with Crippen molar-refractivity contribution in [1.82, 2.24) is 15.6 Å². The van der Waals surface area contributed by atoms with Crippen LogP contribution in [0.1, 0.15) is 54.9 Å². The van der Waals surface area contributed by atoms with Crippen molar-refractivity contribution in [2.75, 3.05) is 0 Å². The minimum atomic E-state index is -0.364. The van der Waals surface area contributed by atoms with Crippen molar-refractivity contribution < 1.29 is 9.59 Å².